The molecule has 2 unspecified atom stereocenters. The first-order valence-electron chi connectivity index (χ1n) is 9.96. The van der Waals surface area contributed by atoms with Gasteiger partial charge in [-0.25, -0.2) is 0 Å². The lowest BCUT2D eigenvalue weighted by Crippen LogP contribution is -2.48. The minimum Gasteiger partial charge on any atom is -0.479 e. The zero-order valence-corrected chi connectivity index (χ0v) is 16.2. The van der Waals surface area contributed by atoms with Crippen LogP contribution in [-0.4, -0.2) is 74.9 Å². The standard InChI is InChI=1S/C20H27N3O5/c1-14-20(25)23(7-6-22-8-11-26-12-9-22)16-5-4-15(13-18(16)28-14)21-19(24)17-3-2-10-27-17/h4-5,13-14,17H,2-3,6-12H2,1H3,(H,21,24). The van der Waals surface area contributed by atoms with Crippen LogP contribution in [0.1, 0.15) is 19.8 Å². The molecule has 1 aromatic rings. The maximum absolute atomic E-state index is 12.7. The predicted molar refractivity (Wildman–Crippen MR) is 104 cm³/mol. The van der Waals surface area contributed by atoms with Gasteiger partial charge in [0.05, 0.1) is 18.9 Å². The number of ether oxygens (including phenoxy) is 3. The van der Waals surface area contributed by atoms with Crippen LogP contribution in [0, 0.1) is 0 Å². The van der Waals surface area contributed by atoms with Crippen molar-refractivity contribution in [3.8, 4) is 5.75 Å². The number of rotatable bonds is 5. The molecule has 2 saturated heterocycles. The Morgan fingerprint density at radius 2 is 2.04 bits per heavy atom. The van der Waals surface area contributed by atoms with E-state index < -0.39 is 6.10 Å². The fourth-order valence-corrected chi connectivity index (χ4v) is 3.79. The zero-order chi connectivity index (χ0) is 19.5. The summed E-state index contributed by atoms with van der Waals surface area (Å²) in [5.74, 6) is 0.428. The van der Waals surface area contributed by atoms with Gasteiger partial charge in [0.25, 0.3) is 11.8 Å². The van der Waals surface area contributed by atoms with E-state index >= 15 is 0 Å². The van der Waals surface area contributed by atoms with Crippen LogP contribution >= 0.6 is 0 Å². The molecule has 2 atom stereocenters. The summed E-state index contributed by atoms with van der Waals surface area (Å²) in [6, 6.07) is 5.43. The molecule has 0 saturated carbocycles. The van der Waals surface area contributed by atoms with E-state index in [1.807, 2.05) is 6.07 Å². The molecule has 0 spiro atoms. The van der Waals surface area contributed by atoms with E-state index in [4.69, 9.17) is 14.2 Å². The van der Waals surface area contributed by atoms with E-state index in [9.17, 15) is 9.59 Å². The molecular formula is C20H27N3O5. The molecule has 152 valence electrons. The number of carbonyl (C=O) groups excluding carboxylic acids is 2. The zero-order valence-electron chi connectivity index (χ0n) is 16.2. The quantitative estimate of drug-likeness (QED) is 0.817. The first-order chi connectivity index (χ1) is 13.6. The van der Waals surface area contributed by atoms with Crippen molar-refractivity contribution in [3.63, 3.8) is 0 Å². The summed E-state index contributed by atoms with van der Waals surface area (Å²) in [6.07, 6.45) is 0.709. The number of benzene rings is 1. The van der Waals surface area contributed by atoms with Crippen LogP contribution in [0.3, 0.4) is 0 Å². The Morgan fingerprint density at radius 1 is 1.21 bits per heavy atom. The maximum Gasteiger partial charge on any atom is 0.267 e. The van der Waals surface area contributed by atoms with Gasteiger partial charge in [0.2, 0.25) is 0 Å². The summed E-state index contributed by atoms with van der Waals surface area (Å²) in [5, 5.41) is 2.89. The van der Waals surface area contributed by atoms with Crippen molar-refractivity contribution in [1.82, 2.24) is 4.90 Å². The Kier molecular flexibility index (Phi) is 5.79. The average molecular weight is 389 g/mol. The molecule has 2 amide bonds. The van der Waals surface area contributed by atoms with Crippen molar-refractivity contribution >= 4 is 23.2 Å². The second-order valence-corrected chi connectivity index (χ2v) is 7.38. The van der Waals surface area contributed by atoms with E-state index in [2.05, 4.69) is 10.2 Å². The highest BCUT2D eigenvalue weighted by molar-refractivity contribution is 6.01. The fraction of sp³-hybridized carbons (Fsp3) is 0.600. The Hall–Kier alpha value is -2.16. The van der Waals surface area contributed by atoms with Gasteiger partial charge in [-0.2, -0.15) is 0 Å². The highest BCUT2D eigenvalue weighted by atomic mass is 16.5. The van der Waals surface area contributed by atoms with E-state index in [1.54, 1.807) is 24.0 Å². The predicted octanol–water partition coefficient (Wildman–Crippen LogP) is 1.25. The number of anilines is 2. The van der Waals surface area contributed by atoms with Crippen LogP contribution in [-0.2, 0) is 19.1 Å². The van der Waals surface area contributed by atoms with Gasteiger partial charge >= 0.3 is 0 Å². The summed E-state index contributed by atoms with van der Waals surface area (Å²) in [4.78, 5) is 29.0. The van der Waals surface area contributed by atoms with Gasteiger partial charge in [-0.1, -0.05) is 0 Å². The molecule has 0 radical (unpaired) electrons. The van der Waals surface area contributed by atoms with Gasteiger partial charge in [0, 0.05) is 44.5 Å². The van der Waals surface area contributed by atoms with Gasteiger partial charge in [-0.15, -0.1) is 0 Å². The highest BCUT2D eigenvalue weighted by Gasteiger charge is 2.32. The van der Waals surface area contributed by atoms with Crippen LogP contribution in [0.5, 0.6) is 5.75 Å². The van der Waals surface area contributed by atoms with Crippen LogP contribution in [0.25, 0.3) is 0 Å². The number of fused-ring (bicyclic) bond motifs is 1. The first-order valence-corrected chi connectivity index (χ1v) is 9.96. The molecule has 4 rings (SSSR count). The Morgan fingerprint density at radius 3 is 2.79 bits per heavy atom. The number of hydrogen-bond donors (Lipinski definition) is 1. The molecule has 8 nitrogen and oxygen atoms in total. The lowest BCUT2D eigenvalue weighted by atomic mass is 10.1. The van der Waals surface area contributed by atoms with Crippen LogP contribution in [0.15, 0.2) is 18.2 Å². The molecule has 1 N–H and O–H groups in total. The van der Waals surface area contributed by atoms with Crippen molar-refractivity contribution in [2.45, 2.75) is 32.0 Å². The minimum absolute atomic E-state index is 0.0445. The topological polar surface area (TPSA) is 80.3 Å². The lowest BCUT2D eigenvalue weighted by molar-refractivity contribution is -0.126. The van der Waals surface area contributed by atoms with Gasteiger partial charge in [-0.3, -0.25) is 14.5 Å². The summed E-state index contributed by atoms with van der Waals surface area (Å²) in [7, 11) is 0. The monoisotopic (exact) mass is 389 g/mol. The molecule has 0 aromatic heterocycles. The molecule has 3 aliphatic rings. The minimum atomic E-state index is -0.554. The number of nitrogens with one attached hydrogen (secondary N) is 1. The first kappa shape index (κ1) is 19.2. The Labute approximate surface area is 164 Å². The number of carbonyl (C=O) groups is 2. The SMILES string of the molecule is CC1Oc2cc(NC(=O)C3CCCO3)ccc2N(CCN2CCOCC2)C1=O. The van der Waals surface area contributed by atoms with Gasteiger partial charge in [0.15, 0.2) is 6.10 Å². The molecular weight excluding hydrogens is 362 g/mol. The molecule has 3 aliphatic heterocycles. The Balaban J connectivity index is 1.46. The maximum atomic E-state index is 12.7. The normalized spacial score (nSPS) is 25.3. The average Bonchev–Trinajstić information content (AvgIpc) is 3.24. The molecule has 28 heavy (non-hydrogen) atoms. The lowest BCUT2D eigenvalue weighted by Gasteiger charge is -2.35. The van der Waals surface area contributed by atoms with Gasteiger partial charge in [-0.05, 0) is 31.9 Å². The number of morpholine rings is 1. The smallest absolute Gasteiger partial charge is 0.267 e. The third-order valence-corrected chi connectivity index (χ3v) is 5.40. The number of nitrogens with zero attached hydrogens (tertiary/aromatic N) is 2. The summed E-state index contributed by atoms with van der Waals surface area (Å²) in [6.45, 7) is 7.01. The Bertz CT molecular complexity index is 729. The molecule has 0 bridgehead atoms. The largest absolute Gasteiger partial charge is 0.479 e. The fourth-order valence-electron chi connectivity index (χ4n) is 3.79. The number of amides is 2. The molecule has 0 aliphatic carbocycles. The van der Waals surface area contributed by atoms with Gasteiger partial charge in [0.1, 0.15) is 11.9 Å². The van der Waals surface area contributed by atoms with Gasteiger partial charge < -0.3 is 24.4 Å². The third-order valence-electron chi connectivity index (χ3n) is 5.40. The van der Waals surface area contributed by atoms with Crippen LogP contribution in [0.4, 0.5) is 11.4 Å². The molecule has 1 aromatic carbocycles. The highest BCUT2D eigenvalue weighted by Crippen LogP contribution is 2.36. The van der Waals surface area contributed by atoms with E-state index in [0.29, 0.717) is 24.6 Å². The number of hydrogen-bond acceptors (Lipinski definition) is 6. The van der Waals surface area contributed by atoms with E-state index in [1.165, 1.54) is 0 Å². The van der Waals surface area contributed by atoms with Crippen molar-refractivity contribution < 1.29 is 23.8 Å². The molecule has 2 fully saturated rings. The second-order valence-electron chi connectivity index (χ2n) is 7.38. The van der Waals surface area contributed by atoms with Crippen molar-refractivity contribution in [2.75, 3.05) is 56.2 Å². The summed E-state index contributed by atoms with van der Waals surface area (Å²) in [5.41, 5.74) is 1.39. The van der Waals surface area contributed by atoms with Crippen LogP contribution < -0.4 is 15.0 Å². The third kappa shape index (κ3) is 4.14. The van der Waals surface area contributed by atoms with E-state index in [-0.39, 0.29) is 17.9 Å². The van der Waals surface area contributed by atoms with Crippen LogP contribution in [0.2, 0.25) is 0 Å². The second kappa shape index (κ2) is 8.46. The molecule has 8 heteroatoms. The molecule has 3 heterocycles. The summed E-state index contributed by atoms with van der Waals surface area (Å²) < 4.78 is 16.6. The van der Waals surface area contributed by atoms with Crippen molar-refractivity contribution in [1.29, 1.82) is 0 Å². The summed E-state index contributed by atoms with van der Waals surface area (Å²) >= 11 is 0. The van der Waals surface area contributed by atoms with Crippen molar-refractivity contribution in [2.24, 2.45) is 0 Å². The van der Waals surface area contributed by atoms with Crippen molar-refractivity contribution in [3.05, 3.63) is 18.2 Å². The van der Waals surface area contributed by atoms with E-state index in [0.717, 1.165) is 51.4 Å².